The molecule has 0 aliphatic carbocycles. The lowest BCUT2D eigenvalue weighted by Crippen LogP contribution is -2.32. The largest absolute Gasteiger partial charge is 0.335 e. The maximum absolute atomic E-state index is 12.6. The summed E-state index contributed by atoms with van der Waals surface area (Å²) in [6.45, 7) is 2.76. The van der Waals surface area contributed by atoms with Crippen molar-refractivity contribution >= 4 is 28.8 Å². The van der Waals surface area contributed by atoms with Gasteiger partial charge in [0.15, 0.2) is 0 Å². The van der Waals surface area contributed by atoms with Gasteiger partial charge in [0.1, 0.15) is 5.15 Å². The normalized spacial score (nSPS) is 18.4. The molecule has 2 aromatic rings. The number of aryl methyl sites for hydroxylation is 2. The molecule has 1 aliphatic rings. The van der Waals surface area contributed by atoms with E-state index in [4.69, 9.17) is 11.6 Å². The molecule has 0 N–H and O–H groups in total. The van der Waals surface area contributed by atoms with E-state index in [1.807, 2.05) is 36.4 Å². The first-order valence-electron chi connectivity index (χ1n) is 7.08. The molecule has 0 radical (unpaired) electrons. The Kier molecular flexibility index (Phi) is 4.04. The van der Waals surface area contributed by atoms with Crippen molar-refractivity contribution < 1.29 is 4.79 Å². The second kappa shape index (κ2) is 5.81. The number of likely N-dealkylation sites (tertiary alicyclic amines) is 1. The fourth-order valence-corrected chi connectivity index (χ4v) is 4.05. The van der Waals surface area contributed by atoms with Crippen LogP contribution in [0.15, 0.2) is 17.5 Å². The quantitative estimate of drug-likeness (QED) is 0.868. The fraction of sp³-hybridized carbons (Fsp3) is 0.467. The van der Waals surface area contributed by atoms with E-state index in [9.17, 15) is 4.79 Å². The summed E-state index contributed by atoms with van der Waals surface area (Å²) in [5.74, 6) is 0.180. The molecule has 3 rings (SSSR count). The Labute approximate surface area is 133 Å². The van der Waals surface area contributed by atoms with Crippen molar-refractivity contribution in [3.05, 3.63) is 38.8 Å². The van der Waals surface area contributed by atoms with Crippen molar-refractivity contribution in [3.8, 4) is 0 Å². The molecule has 2 aromatic heterocycles. The summed E-state index contributed by atoms with van der Waals surface area (Å²) in [6.07, 6.45) is 2.46. The zero-order valence-corrected chi connectivity index (χ0v) is 13.7. The van der Waals surface area contributed by atoms with Crippen LogP contribution in [0.4, 0.5) is 0 Å². The lowest BCUT2D eigenvalue weighted by molar-refractivity contribution is -0.131. The molecule has 21 heavy (non-hydrogen) atoms. The first kappa shape index (κ1) is 14.6. The van der Waals surface area contributed by atoms with E-state index in [0.29, 0.717) is 11.6 Å². The van der Waals surface area contributed by atoms with Crippen LogP contribution in [0.3, 0.4) is 0 Å². The number of hydrogen-bond donors (Lipinski definition) is 0. The topological polar surface area (TPSA) is 38.1 Å². The van der Waals surface area contributed by atoms with Gasteiger partial charge in [0.05, 0.1) is 18.2 Å². The zero-order chi connectivity index (χ0) is 15.0. The molecule has 1 amide bonds. The molecule has 0 aromatic carbocycles. The maximum atomic E-state index is 12.6. The Morgan fingerprint density at radius 1 is 1.57 bits per heavy atom. The molecule has 3 heterocycles. The van der Waals surface area contributed by atoms with Gasteiger partial charge in [0.25, 0.3) is 0 Å². The van der Waals surface area contributed by atoms with Crippen LogP contribution in [-0.4, -0.2) is 27.1 Å². The van der Waals surface area contributed by atoms with Crippen molar-refractivity contribution in [1.82, 2.24) is 14.7 Å². The number of halogens is 1. The van der Waals surface area contributed by atoms with Gasteiger partial charge in [-0.3, -0.25) is 9.48 Å². The molecule has 4 nitrogen and oxygen atoms in total. The van der Waals surface area contributed by atoms with Crippen LogP contribution in [-0.2, 0) is 18.3 Å². The average Bonchev–Trinajstić information content (AvgIpc) is 3.13. The first-order valence-corrected chi connectivity index (χ1v) is 8.34. The minimum Gasteiger partial charge on any atom is -0.335 e. The number of hydrogen-bond acceptors (Lipinski definition) is 3. The molecule has 6 heteroatoms. The Hall–Kier alpha value is -1.33. The number of carbonyl (C=O) groups excluding carboxylic acids is 1. The van der Waals surface area contributed by atoms with Gasteiger partial charge in [-0.05, 0) is 31.2 Å². The summed E-state index contributed by atoms with van der Waals surface area (Å²) >= 11 is 8.00. The van der Waals surface area contributed by atoms with Crippen molar-refractivity contribution in [2.75, 3.05) is 6.54 Å². The molecular weight excluding hydrogens is 306 g/mol. The Balaban J connectivity index is 1.83. The highest BCUT2D eigenvalue weighted by molar-refractivity contribution is 7.10. The molecule has 0 saturated carbocycles. The molecule has 1 atom stereocenters. The SMILES string of the molecule is Cc1nn(C)c(Cl)c1[C@H]1CCCN1C(=O)Cc1cccs1. The molecule has 1 aliphatic heterocycles. The number of aromatic nitrogens is 2. The van der Waals surface area contributed by atoms with Crippen LogP contribution in [0.25, 0.3) is 0 Å². The van der Waals surface area contributed by atoms with Gasteiger partial charge < -0.3 is 4.90 Å². The van der Waals surface area contributed by atoms with Crippen molar-refractivity contribution in [2.24, 2.45) is 7.05 Å². The minimum atomic E-state index is 0.0682. The first-order chi connectivity index (χ1) is 10.1. The zero-order valence-electron chi connectivity index (χ0n) is 12.2. The molecule has 0 unspecified atom stereocenters. The van der Waals surface area contributed by atoms with Crippen LogP contribution in [0.2, 0.25) is 5.15 Å². The summed E-state index contributed by atoms with van der Waals surface area (Å²) in [5, 5.41) is 7.03. The van der Waals surface area contributed by atoms with Crippen LogP contribution in [0, 0.1) is 6.92 Å². The third kappa shape index (κ3) is 2.72. The number of rotatable bonds is 3. The second-order valence-electron chi connectivity index (χ2n) is 5.41. The third-order valence-corrected chi connectivity index (χ3v) is 5.33. The van der Waals surface area contributed by atoms with Crippen LogP contribution >= 0.6 is 22.9 Å². The average molecular weight is 324 g/mol. The lowest BCUT2D eigenvalue weighted by Gasteiger charge is -2.25. The molecular formula is C15H18ClN3OS. The minimum absolute atomic E-state index is 0.0682. The second-order valence-corrected chi connectivity index (χ2v) is 6.81. The van der Waals surface area contributed by atoms with Crippen molar-refractivity contribution in [3.63, 3.8) is 0 Å². The van der Waals surface area contributed by atoms with E-state index < -0.39 is 0 Å². The molecule has 112 valence electrons. The Morgan fingerprint density at radius 3 is 3.00 bits per heavy atom. The summed E-state index contributed by atoms with van der Waals surface area (Å²) in [7, 11) is 1.84. The van der Waals surface area contributed by atoms with E-state index in [2.05, 4.69) is 5.10 Å². The van der Waals surface area contributed by atoms with Gasteiger partial charge >= 0.3 is 0 Å². The summed E-state index contributed by atoms with van der Waals surface area (Å²) < 4.78 is 1.69. The monoisotopic (exact) mass is 323 g/mol. The standard InChI is InChI=1S/C15H18ClN3OS/c1-10-14(15(16)18(2)17-10)12-6-3-7-19(12)13(20)9-11-5-4-8-21-11/h4-5,8,12H,3,6-7,9H2,1-2H3/t12-/m1/s1. The van der Waals surface area contributed by atoms with Crippen molar-refractivity contribution in [2.45, 2.75) is 32.2 Å². The van der Waals surface area contributed by atoms with Gasteiger partial charge in [0, 0.05) is 24.0 Å². The predicted molar refractivity (Wildman–Crippen MR) is 84.7 cm³/mol. The van der Waals surface area contributed by atoms with Gasteiger partial charge in [-0.2, -0.15) is 5.10 Å². The number of nitrogens with zero attached hydrogens (tertiary/aromatic N) is 3. The Morgan fingerprint density at radius 2 is 2.38 bits per heavy atom. The molecule has 1 fully saturated rings. The van der Waals surface area contributed by atoms with Crippen LogP contribution in [0.5, 0.6) is 0 Å². The lowest BCUT2D eigenvalue weighted by atomic mass is 10.1. The van der Waals surface area contributed by atoms with Gasteiger partial charge in [-0.15, -0.1) is 11.3 Å². The summed E-state index contributed by atoms with van der Waals surface area (Å²) in [6, 6.07) is 4.06. The van der Waals surface area contributed by atoms with E-state index in [1.165, 1.54) is 0 Å². The predicted octanol–water partition coefficient (Wildman–Crippen LogP) is 3.35. The smallest absolute Gasteiger partial charge is 0.228 e. The number of amides is 1. The summed E-state index contributed by atoms with van der Waals surface area (Å²) in [4.78, 5) is 15.7. The van der Waals surface area contributed by atoms with Gasteiger partial charge in [0.2, 0.25) is 5.91 Å². The number of carbonyl (C=O) groups is 1. The highest BCUT2D eigenvalue weighted by Crippen LogP contribution is 2.37. The highest BCUT2D eigenvalue weighted by atomic mass is 35.5. The highest BCUT2D eigenvalue weighted by Gasteiger charge is 2.33. The fourth-order valence-electron chi connectivity index (χ4n) is 3.05. The van der Waals surface area contributed by atoms with E-state index in [1.54, 1.807) is 16.0 Å². The van der Waals surface area contributed by atoms with E-state index in [0.717, 1.165) is 35.5 Å². The maximum Gasteiger partial charge on any atom is 0.228 e. The van der Waals surface area contributed by atoms with Gasteiger partial charge in [-0.25, -0.2) is 0 Å². The van der Waals surface area contributed by atoms with Gasteiger partial charge in [-0.1, -0.05) is 17.7 Å². The number of thiophene rings is 1. The molecule has 0 spiro atoms. The molecule has 1 saturated heterocycles. The van der Waals surface area contributed by atoms with E-state index in [-0.39, 0.29) is 11.9 Å². The van der Waals surface area contributed by atoms with Crippen LogP contribution in [0.1, 0.15) is 35.0 Å². The van der Waals surface area contributed by atoms with Crippen molar-refractivity contribution in [1.29, 1.82) is 0 Å². The van der Waals surface area contributed by atoms with E-state index >= 15 is 0 Å². The summed E-state index contributed by atoms with van der Waals surface area (Å²) in [5.41, 5.74) is 1.93. The van der Waals surface area contributed by atoms with Crippen LogP contribution < -0.4 is 0 Å². The third-order valence-electron chi connectivity index (χ3n) is 4.01. The molecule has 0 bridgehead atoms. The Bertz CT molecular complexity index is 650.